The summed E-state index contributed by atoms with van der Waals surface area (Å²) in [7, 11) is 3.98. The molecule has 0 spiro atoms. The molecule has 0 amide bonds. The number of halogens is 1. The number of pyridine rings is 1. The molecule has 0 N–H and O–H groups in total. The van der Waals surface area contributed by atoms with Crippen LogP contribution in [0.25, 0.3) is 0 Å². The van der Waals surface area contributed by atoms with E-state index in [0.29, 0.717) is 38.5 Å². The molecule has 0 saturated carbocycles. The number of hydrogen-bond donors (Lipinski definition) is 0. The molecule has 0 aliphatic carbocycles. The van der Waals surface area contributed by atoms with E-state index in [0.717, 1.165) is 17.0 Å². The topological polar surface area (TPSA) is 25.4 Å². The molecular formula is C16H25FN2O. The van der Waals surface area contributed by atoms with Crippen LogP contribution < -0.4 is 0 Å². The minimum absolute atomic E-state index is 0.357. The van der Waals surface area contributed by atoms with Crippen LogP contribution in [0.15, 0.2) is 12.1 Å². The van der Waals surface area contributed by atoms with E-state index in [1.807, 2.05) is 31.1 Å². The van der Waals surface area contributed by atoms with Gasteiger partial charge in [-0.05, 0) is 26.1 Å². The molecular weight excluding hydrogens is 255 g/mol. The van der Waals surface area contributed by atoms with Crippen molar-refractivity contribution >= 4 is 0 Å². The van der Waals surface area contributed by atoms with Gasteiger partial charge in [-0.15, -0.1) is 0 Å². The Morgan fingerprint density at radius 2 is 1.95 bits per heavy atom. The van der Waals surface area contributed by atoms with Crippen molar-refractivity contribution in [2.45, 2.75) is 44.8 Å². The third-order valence-electron chi connectivity index (χ3n) is 3.82. The van der Waals surface area contributed by atoms with Crippen LogP contribution in [0.5, 0.6) is 0 Å². The van der Waals surface area contributed by atoms with Crippen LogP contribution in [0, 0.1) is 0 Å². The number of alkyl halides is 1. The van der Waals surface area contributed by atoms with Crippen molar-refractivity contribution in [3.63, 3.8) is 0 Å². The van der Waals surface area contributed by atoms with Gasteiger partial charge in [-0.25, -0.2) is 4.39 Å². The van der Waals surface area contributed by atoms with Gasteiger partial charge in [0.05, 0.1) is 5.69 Å². The second-order valence-electron chi connectivity index (χ2n) is 6.20. The van der Waals surface area contributed by atoms with Gasteiger partial charge < -0.3 is 9.64 Å². The van der Waals surface area contributed by atoms with Crippen molar-refractivity contribution < 1.29 is 9.13 Å². The Morgan fingerprint density at radius 3 is 2.50 bits per heavy atom. The summed E-state index contributed by atoms with van der Waals surface area (Å²) >= 11 is 0. The fourth-order valence-corrected chi connectivity index (χ4v) is 2.63. The fourth-order valence-electron chi connectivity index (χ4n) is 2.63. The molecule has 0 bridgehead atoms. The van der Waals surface area contributed by atoms with E-state index in [4.69, 9.17) is 9.72 Å². The first-order valence-electron chi connectivity index (χ1n) is 7.34. The molecule has 20 heavy (non-hydrogen) atoms. The molecule has 1 fully saturated rings. The third-order valence-corrected chi connectivity index (χ3v) is 3.82. The summed E-state index contributed by atoms with van der Waals surface area (Å²) in [6.45, 7) is 5.87. The number of rotatable bonds is 4. The molecule has 1 saturated heterocycles. The number of hydrogen-bond acceptors (Lipinski definition) is 3. The van der Waals surface area contributed by atoms with Crippen molar-refractivity contribution in [2.24, 2.45) is 0 Å². The van der Waals surface area contributed by atoms with Gasteiger partial charge in [-0.2, -0.15) is 0 Å². The molecule has 1 aliphatic rings. The zero-order valence-corrected chi connectivity index (χ0v) is 12.9. The molecule has 1 aromatic heterocycles. The Balaban J connectivity index is 2.39. The van der Waals surface area contributed by atoms with E-state index in [-0.39, 0.29) is 0 Å². The minimum Gasteiger partial charge on any atom is -0.381 e. The molecule has 3 nitrogen and oxygen atoms in total. The highest BCUT2D eigenvalue weighted by atomic mass is 19.1. The molecule has 112 valence electrons. The number of ether oxygens (including phenoxy) is 1. The molecule has 0 aromatic carbocycles. The zero-order valence-electron chi connectivity index (χ0n) is 12.9. The lowest BCUT2D eigenvalue weighted by Gasteiger charge is -2.32. The Morgan fingerprint density at radius 1 is 1.30 bits per heavy atom. The lowest BCUT2D eigenvalue weighted by molar-refractivity contribution is -0.0124. The van der Waals surface area contributed by atoms with E-state index in [9.17, 15) is 0 Å². The first kappa shape index (κ1) is 15.4. The summed E-state index contributed by atoms with van der Waals surface area (Å²) in [5.74, 6) is 0.357. The van der Waals surface area contributed by atoms with E-state index in [1.165, 1.54) is 0 Å². The van der Waals surface area contributed by atoms with Gasteiger partial charge in [0.2, 0.25) is 0 Å². The average Bonchev–Trinajstić information content (AvgIpc) is 2.38. The highest BCUT2D eigenvalue weighted by molar-refractivity contribution is 5.30. The number of nitrogens with zero attached hydrogens (tertiary/aromatic N) is 2. The van der Waals surface area contributed by atoms with Crippen molar-refractivity contribution in [3.8, 4) is 0 Å². The largest absolute Gasteiger partial charge is 0.381 e. The Hall–Kier alpha value is -1.00. The first-order chi connectivity index (χ1) is 9.42. The Kier molecular flexibility index (Phi) is 4.76. The molecule has 1 aromatic rings. The van der Waals surface area contributed by atoms with Crippen molar-refractivity contribution in [2.75, 3.05) is 27.3 Å². The molecule has 1 aliphatic heterocycles. The smallest absolute Gasteiger partial charge is 0.142 e. The zero-order chi connectivity index (χ0) is 14.8. The van der Waals surface area contributed by atoms with Crippen LogP contribution in [0.4, 0.5) is 4.39 Å². The van der Waals surface area contributed by atoms with E-state index >= 15 is 4.39 Å². The maximum atomic E-state index is 15.2. The van der Waals surface area contributed by atoms with Crippen molar-refractivity contribution in [1.29, 1.82) is 0 Å². The lowest BCUT2D eigenvalue weighted by Crippen LogP contribution is -2.31. The predicted molar refractivity (Wildman–Crippen MR) is 78.6 cm³/mol. The van der Waals surface area contributed by atoms with E-state index in [2.05, 4.69) is 13.8 Å². The number of aromatic nitrogens is 1. The first-order valence-corrected chi connectivity index (χ1v) is 7.34. The van der Waals surface area contributed by atoms with Crippen LogP contribution >= 0.6 is 0 Å². The summed E-state index contributed by atoms with van der Waals surface area (Å²) in [5.41, 5.74) is 1.36. The molecule has 4 heteroatoms. The predicted octanol–water partition coefficient (Wildman–Crippen LogP) is 3.24. The van der Waals surface area contributed by atoms with E-state index < -0.39 is 5.67 Å². The van der Waals surface area contributed by atoms with Crippen LogP contribution in [-0.2, 0) is 17.0 Å². The van der Waals surface area contributed by atoms with Gasteiger partial charge in [0.25, 0.3) is 0 Å². The normalized spacial score (nSPS) is 18.8. The minimum atomic E-state index is -1.29. The highest BCUT2D eigenvalue weighted by Crippen LogP contribution is 2.38. The second-order valence-corrected chi connectivity index (χ2v) is 6.20. The second kappa shape index (κ2) is 6.19. The quantitative estimate of drug-likeness (QED) is 0.846. The lowest BCUT2D eigenvalue weighted by atomic mass is 9.86. The Bertz CT molecular complexity index is 454. The SMILES string of the molecule is CC(C)c1ccc(C2(F)CCOCC2)c(CN(C)C)n1. The summed E-state index contributed by atoms with van der Waals surface area (Å²) in [6.07, 6.45) is 0.853. The maximum absolute atomic E-state index is 15.2. The van der Waals surface area contributed by atoms with Gasteiger partial charge in [0.15, 0.2) is 0 Å². The molecule has 0 unspecified atom stereocenters. The molecule has 0 atom stereocenters. The van der Waals surface area contributed by atoms with Crippen LogP contribution in [0.1, 0.15) is 49.6 Å². The molecule has 2 heterocycles. The summed E-state index contributed by atoms with van der Waals surface area (Å²) in [4.78, 5) is 6.75. The van der Waals surface area contributed by atoms with Crippen LogP contribution in [0.3, 0.4) is 0 Å². The van der Waals surface area contributed by atoms with Gasteiger partial charge in [-0.1, -0.05) is 19.9 Å². The van der Waals surface area contributed by atoms with Crippen LogP contribution in [0.2, 0.25) is 0 Å². The monoisotopic (exact) mass is 280 g/mol. The standard InChI is InChI=1S/C16H25FN2O/c1-12(2)14-6-5-13(15(18-14)11-19(3)4)16(17)7-9-20-10-8-16/h5-6,12H,7-11H2,1-4H3. The van der Waals surface area contributed by atoms with Crippen molar-refractivity contribution in [1.82, 2.24) is 9.88 Å². The van der Waals surface area contributed by atoms with Crippen LogP contribution in [-0.4, -0.2) is 37.2 Å². The Labute approximate surface area is 121 Å². The average molecular weight is 280 g/mol. The summed E-state index contributed by atoms with van der Waals surface area (Å²) in [6, 6.07) is 3.91. The fraction of sp³-hybridized carbons (Fsp3) is 0.688. The maximum Gasteiger partial charge on any atom is 0.142 e. The van der Waals surface area contributed by atoms with Crippen molar-refractivity contribution in [3.05, 3.63) is 29.1 Å². The summed E-state index contributed by atoms with van der Waals surface area (Å²) in [5, 5.41) is 0. The van der Waals surface area contributed by atoms with Gasteiger partial charge >= 0.3 is 0 Å². The van der Waals surface area contributed by atoms with Gasteiger partial charge in [0, 0.05) is 43.9 Å². The molecule has 2 rings (SSSR count). The molecule has 0 radical (unpaired) electrons. The van der Waals surface area contributed by atoms with E-state index in [1.54, 1.807) is 0 Å². The van der Waals surface area contributed by atoms with Gasteiger partial charge in [-0.3, -0.25) is 4.98 Å². The third kappa shape index (κ3) is 3.36. The van der Waals surface area contributed by atoms with Gasteiger partial charge in [0.1, 0.15) is 5.67 Å². The highest BCUT2D eigenvalue weighted by Gasteiger charge is 2.36. The summed E-state index contributed by atoms with van der Waals surface area (Å²) < 4.78 is 20.5.